The number of nitrogens with zero attached hydrogens (tertiary/aromatic N) is 3. The molecule has 7 heteroatoms. The van der Waals surface area contributed by atoms with Crippen LogP contribution in [0.4, 0.5) is 0 Å². The van der Waals surface area contributed by atoms with E-state index in [4.69, 9.17) is 5.11 Å². The predicted octanol–water partition coefficient (Wildman–Crippen LogP) is 0.935. The maximum absolute atomic E-state index is 10.5. The van der Waals surface area contributed by atoms with Gasteiger partial charge in [-0.2, -0.15) is 4.37 Å². The van der Waals surface area contributed by atoms with Crippen LogP contribution in [0.1, 0.15) is 16.3 Å². The molecule has 14 heavy (non-hydrogen) atoms. The van der Waals surface area contributed by atoms with Crippen LogP contribution in [0, 0.1) is 6.92 Å². The van der Waals surface area contributed by atoms with Crippen LogP contribution in [0.15, 0.2) is 6.20 Å². The molecule has 0 aromatic carbocycles. The number of hydrogen-bond donors (Lipinski definition) is 2. The van der Waals surface area contributed by atoms with Crippen LogP contribution in [0.3, 0.4) is 0 Å². The third-order valence-corrected chi connectivity index (χ3v) is 2.35. The second-order valence-corrected chi connectivity index (χ2v) is 3.35. The largest absolute Gasteiger partial charge is 0.477 e. The van der Waals surface area contributed by atoms with Crippen LogP contribution in [0.5, 0.6) is 0 Å². The highest BCUT2D eigenvalue weighted by Gasteiger charge is 2.11. The Bertz CT molecular complexity index is 475. The molecule has 0 aliphatic rings. The fourth-order valence-electron chi connectivity index (χ4n) is 0.932. The normalized spacial score (nSPS) is 10.4. The summed E-state index contributed by atoms with van der Waals surface area (Å²) in [5.41, 5.74) is 0.0489. The number of H-pyrrole nitrogens is 1. The van der Waals surface area contributed by atoms with E-state index in [0.29, 0.717) is 16.7 Å². The van der Waals surface area contributed by atoms with E-state index in [1.165, 1.54) is 17.7 Å². The van der Waals surface area contributed by atoms with Crippen LogP contribution in [-0.4, -0.2) is 30.4 Å². The molecule has 2 heterocycles. The fraction of sp³-hybridized carbons (Fsp3) is 0.143. The van der Waals surface area contributed by atoms with Crippen LogP contribution < -0.4 is 0 Å². The number of carboxylic acid groups (broad SMARTS) is 1. The first-order valence-corrected chi connectivity index (χ1v) is 4.53. The Hall–Kier alpha value is -1.76. The van der Waals surface area contributed by atoms with Crippen LogP contribution in [0.25, 0.3) is 10.8 Å². The molecule has 0 aliphatic heterocycles. The first-order chi connectivity index (χ1) is 6.66. The number of aromatic carboxylic acids is 1. The van der Waals surface area contributed by atoms with Crippen molar-refractivity contribution in [2.45, 2.75) is 6.92 Å². The fourth-order valence-corrected chi connectivity index (χ4v) is 1.55. The summed E-state index contributed by atoms with van der Waals surface area (Å²) in [5.74, 6) is 0.0521. The quantitative estimate of drug-likeness (QED) is 0.769. The number of hydrogen-bond acceptors (Lipinski definition) is 5. The van der Waals surface area contributed by atoms with Crippen molar-refractivity contribution in [1.29, 1.82) is 0 Å². The van der Waals surface area contributed by atoms with E-state index in [-0.39, 0.29) is 5.69 Å². The lowest BCUT2D eigenvalue weighted by Crippen LogP contribution is -1.95. The highest BCUT2D eigenvalue weighted by atomic mass is 32.1. The van der Waals surface area contributed by atoms with Gasteiger partial charge >= 0.3 is 5.97 Å². The number of nitrogens with one attached hydrogen (secondary N) is 1. The first-order valence-electron chi connectivity index (χ1n) is 3.76. The van der Waals surface area contributed by atoms with Crippen molar-refractivity contribution < 1.29 is 9.90 Å². The summed E-state index contributed by atoms with van der Waals surface area (Å²) in [5, 5.41) is 9.24. The van der Waals surface area contributed by atoms with Crippen molar-refractivity contribution in [1.82, 2.24) is 19.3 Å². The summed E-state index contributed by atoms with van der Waals surface area (Å²) >= 11 is 1.18. The number of aryl methyl sites for hydroxylation is 1. The number of carboxylic acids is 1. The van der Waals surface area contributed by atoms with Gasteiger partial charge in [0, 0.05) is 0 Å². The molecule has 0 bridgehead atoms. The number of carbonyl (C=O) groups is 1. The first kappa shape index (κ1) is 8.82. The van der Waals surface area contributed by atoms with Gasteiger partial charge in [-0.25, -0.2) is 14.8 Å². The zero-order chi connectivity index (χ0) is 10.1. The van der Waals surface area contributed by atoms with Crippen molar-refractivity contribution in [3.05, 3.63) is 17.7 Å². The van der Waals surface area contributed by atoms with Gasteiger partial charge in [0.1, 0.15) is 11.5 Å². The molecule has 2 aromatic rings. The standard InChI is InChI=1S/C7H6N4O2S/c1-3-9-6(14-11-3)5-8-2-4(10-5)7(12)13/h2H,1H3,(H,8,10)(H,12,13). The lowest BCUT2D eigenvalue weighted by molar-refractivity contribution is 0.0691. The molecular weight excluding hydrogens is 204 g/mol. The lowest BCUT2D eigenvalue weighted by Gasteiger charge is -1.86. The van der Waals surface area contributed by atoms with E-state index in [1.54, 1.807) is 6.92 Å². The van der Waals surface area contributed by atoms with Crippen molar-refractivity contribution in [2.24, 2.45) is 0 Å². The van der Waals surface area contributed by atoms with E-state index >= 15 is 0 Å². The maximum Gasteiger partial charge on any atom is 0.353 e. The lowest BCUT2D eigenvalue weighted by atomic mass is 10.5. The third kappa shape index (κ3) is 1.49. The van der Waals surface area contributed by atoms with Gasteiger partial charge in [0.15, 0.2) is 10.8 Å². The van der Waals surface area contributed by atoms with Crippen LogP contribution in [0.2, 0.25) is 0 Å². The van der Waals surface area contributed by atoms with Gasteiger partial charge in [0.2, 0.25) is 0 Å². The number of aromatic nitrogens is 4. The topological polar surface area (TPSA) is 91.8 Å². The molecule has 0 radical (unpaired) electrons. The molecule has 0 saturated carbocycles. The summed E-state index contributed by atoms with van der Waals surface area (Å²) in [6.45, 7) is 1.76. The molecule has 2 rings (SSSR count). The Kier molecular flexibility index (Phi) is 2.01. The number of aromatic amines is 1. The van der Waals surface area contributed by atoms with Crippen molar-refractivity contribution in [3.8, 4) is 10.8 Å². The average Bonchev–Trinajstić information content (AvgIpc) is 2.70. The zero-order valence-electron chi connectivity index (χ0n) is 7.18. The maximum atomic E-state index is 10.5. The molecule has 0 spiro atoms. The van der Waals surface area contributed by atoms with Gasteiger partial charge in [0.05, 0.1) is 6.20 Å². The molecule has 2 N–H and O–H groups in total. The molecule has 0 amide bonds. The number of imidazole rings is 1. The second-order valence-electron chi connectivity index (χ2n) is 2.60. The van der Waals surface area contributed by atoms with Crippen molar-refractivity contribution in [2.75, 3.05) is 0 Å². The summed E-state index contributed by atoms with van der Waals surface area (Å²) < 4.78 is 3.97. The van der Waals surface area contributed by atoms with E-state index in [2.05, 4.69) is 19.3 Å². The van der Waals surface area contributed by atoms with E-state index in [9.17, 15) is 4.79 Å². The molecule has 72 valence electrons. The number of rotatable bonds is 2. The predicted molar refractivity (Wildman–Crippen MR) is 49.2 cm³/mol. The van der Waals surface area contributed by atoms with Crippen molar-refractivity contribution in [3.63, 3.8) is 0 Å². The molecule has 0 aliphatic carbocycles. The Labute approximate surface area is 82.8 Å². The van der Waals surface area contributed by atoms with E-state index in [0.717, 1.165) is 0 Å². The van der Waals surface area contributed by atoms with E-state index < -0.39 is 5.97 Å². The molecule has 0 fully saturated rings. The zero-order valence-corrected chi connectivity index (χ0v) is 8.00. The molecule has 0 saturated heterocycles. The van der Waals surface area contributed by atoms with Gasteiger partial charge in [-0.3, -0.25) is 0 Å². The smallest absolute Gasteiger partial charge is 0.353 e. The summed E-state index contributed by atoms with van der Waals surface area (Å²) in [4.78, 5) is 21.2. The monoisotopic (exact) mass is 210 g/mol. The SMILES string of the molecule is Cc1nsc(-c2ncc(C(=O)O)[nH]2)n1. The highest BCUT2D eigenvalue weighted by molar-refractivity contribution is 7.09. The second kappa shape index (κ2) is 3.18. The van der Waals surface area contributed by atoms with Gasteiger partial charge in [0.25, 0.3) is 0 Å². The van der Waals surface area contributed by atoms with Gasteiger partial charge in [-0.1, -0.05) is 0 Å². The van der Waals surface area contributed by atoms with Gasteiger partial charge < -0.3 is 10.1 Å². The minimum Gasteiger partial charge on any atom is -0.477 e. The molecule has 0 unspecified atom stereocenters. The van der Waals surface area contributed by atoms with Crippen LogP contribution in [-0.2, 0) is 0 Å². The Morgan fingerprint density at radius 2 is 2.43 bits per heavy atom. The molecule has 0 atom stereocenters. The summed E-state index contributed by atoms with van der Waals surface area (Å²) in [6.07, 6.45) is 1.26. The molecule has 6 nitrogen and oxygen atoms in total. The highest BCUT2D eigenvalue weighted by Crippen LogP contribution is 2.17. The van der Waals surface area contributed by atoms with E-state index in [1.807, 2.05) is 0 Å². The third-order valence-electron chi connectivity index (χ3n) is 1.54. The van der Waals surface area contributed by atoms with Crippen LogP contribution >= 0.6 is 11.5 Å². The Morgan fingerprint density at radius 3 is 2.93 bits per heavy atom. The van der Waals surface area contributed by atoms with Crippen molar-refractivity contribution >= 4 is 17.5 Å². The summed E-state index contributed by atoms with van der Waals surface area (Å²) in [7, 11) is 0. The average molecular weight is 210 g/mol. The van der Waals surface area contributed by atoms with Gasteiger partial charge in [-0.05, 0) is 18.5 Å². The molecule has 2 aromatic heterocycles. The Morgan fingerprint density at radius 1 is 1.64 bits per heavy atom. The minimum atomic E-state index is -1.04. The molecular formula is C7H6N4O2S. The van der Waals surface area contributed by atoms with Gasteiger partial charge in [-0.15, -0.1) is 0 Å². The summed E-state index contributed by atoms with van der Waals surface area (Å²) in [6, 6.07) is 0. The minimum absolute atomic E-state index is 0.0489. The Balaban J connectivity index is 2.38.